The molecule has 2 aliphatic rings. The molecule has 4 rings (SSSR count). The molecule has 2 aromatic heterocycles. The summed E-state index contributed by atoms with van der Waals surface area (Å²) in [6.07, 6.45) is -0.686. The van der Waals surface area contributed by atoms with Gasteiger partial charge < -0.3 is 5.32 Å². The van der Waals surface area contributed by atoms with Crippen molar-refractivity contribution in [1.29, 1.82) is 0 Å². The first-order chi connectivity index (χ1) is 14.1. The lowest BCUT2D eigenvalue weighted by Crippen LogP contribution is -2.41. The van der Waals surface area contributed by atoms with Crippen LogP contribution in [0.25, 0.3) is 0 Å². The number of aromatic nitrogens is 3. The molecule has 0 bridgehead atoms. The van der Waals surface area contributed by atoms with Gasteiger partial charge in [-0.3, -0.25) is 4.98 Å². The van der Waals surface area contributed by atoms with Crippen LogP contribution in [0.3, 0.4) is 0 Å². The van der Waals surface area contributed by atoms with Crippen molar-refractivity contribution in [3.05, 3.63) is 36.3 Å². The van der Waals surface area contributed by atoms with Crippen molar-refractivity contribution < 1.29 is 21.6 Å². The van der Waals surface area contributed by atoms with E-state index in [9.17, 15) is 21.6 Å². The van der Waals surface area contributed by atoms with E-state index in [1.165, 1.54) is 28.8 Å². The van der Waals surface area contributed by atoms with E-state index in [0.29, 0.717) is 18.5 Å². The van der Waals surface area contributed by atoms with Gasteiger partial charge in [-0.25, -0.2) is 13.1 Å². The van der Waals surface area contributed by atoms with Crippen LogP contribution in [-0.4, -0.2) is 46.3 Å². The van der Waals surface area contributed by atoms with Gasteiger partial charge in [0.2, 0.25) is 10.0 Å². The van der Waals surface area contributed by atoms with Crippen LogP contribution in [0.5, 0.6) is 0 Å². The first-order valence-corrected chi connectivity index (χ1v) is 11.4. The van der Waals surface area contributed by atoms with Crippen LogP contribution in [0, 0.1) is 5.92 Å². The second-order valence-electron chi connectivity index (χ2n) is 8.15. The van der Waals surface area contributed by atoms with E-state index in [4.69, 9.17) is 0 Å². The molecule has 3 atom stereocenters. The number of rotatable bonds is 4. The molecule has 11 heteroatoms. The average molecular weight is 443 g/mol. The van der Waals surface area contributed by atoms with Crippen molar-refractivity contribution in [1.82, 2.24) is 19.1 Å². The fourth-order valence-electron chi connectivity index (χ4n) is 4.18. The maximum Gasteiger partial charge on any atom is 0.410 e. The van der Waals surface area contributed by atoms with Gasteiger partial charge >= 0.3 is 6.18 Å². The van der Waals surface area contributed by atoms with Gasteiger partial charge in [-0.05, 0) is 37.3 Å². The fourth-order valence-corrected chi connectivity index (χ4v) is 5.81. The average Bonchev–Trinajstić information content (AvgIpc) is 3.33. The molecule has 7 nitrogen and oxygen atoms in total. The van der Waals surface area contributed by atoms with Crippen molar-refractivity contribution in [2.24, 2.45) is 5.92 Å². The molecule has 1 fully saturated rings. The molecule has 0 radical (unpaired) electrons. The second kappa shape index (κ2) is 7.52. The second-order valence-corrected chi connectivity index (χ2v) is 10.0. The number of halogens is 3. The Labute approximate surface area is 173 Å². The molecular weight excluding hydrogens is 419 g/mol. The summed E-state index contributed by atoms with van der Waals surface area (Å²) in [4.78, 5) is 3.94. The van der Waals surface area contributed by atoms with Crippen molar-refractivity contribution in [3.8, 4) is 0 Å². The number of hydrogen-bond acceptors (Lipinski definition) is 5. The van der Waals surface area contributed by atoms with Crippen LogP contribution < -0.4 is 5.32 Å². The minimum Gasteiger partial charge on any atom is -0.367 e. The van der Waals surface area contributed by atoms with Crippen molar-refractivity contribution in [2.45, 2.75) is 62.3 Å². The summed E-state index contributed by atoms with van der Waals surface area (Å²) < 4.78 is 69.6. The molecule has 0 amide bonds. The zero-order valence-corrected chi connectivity index (χ0v) is 17.5. The maximum atomic E-state index is 13.7. The Bertz CT molecular complexity index is 1010. The molecule has 2 aliphatic heterocycles. The summed E-state index contributed by atoms with van der Waals surface area (Å²) in [6, 6.07) is 1.88. The highest BCUT2D eigenvalue weighted by Gasteiger charge is 2.47. The van der Waals surface area contributed by atoms with Gasteiger partial charge in [0.25, 0.3) is 0 Å². The van der Waals surface area contributed by atoms with E-state index < -0.39 is 28.3 Å². The molecule has 0 saturated carbocycles. The number of alkyl halides is 3. The van der Waals surface area contributed by atoms with Gasteiger partial charge in [-0.15, -0.1) is 0 Å². The smallest absolute Gasteiger partial charge is 0.367 e. The van der Waals surface area contributed by atoms with Gasteiger partial charge in [-0.2, -0.15) is 22.6 Å². The van der Waals surface area contributed by atoms with E-state index in [1.54, 1.807) is 6.07 Å². The molecule has 1 saturated heterocycles. The molecule has 1 unspecified atom stereocenters. The minimum atomic E-state index is -4.44. The summed E-state index contributed by atoms with van der Waals surface area (Å²) in [5.41, 5.74) is 0.334. The van der Waals surface area contributed by atoms with E-state index in [-0.39, 0.29) is 35.6 Å². The predicted octanol–water partition coefficient (Wildman–Crippen LogP) is 3.75. The number of nitrogens with one attached hydrogen (secondary N) is 1. The Balaban J connectivity index is 1.70. The van der Waals surface area contributed by atoms with E-state index in [2.05, 4.69) is 15.4 Å². The Hall–Kier alpha value is -2.14. The Kier molecular flexibility index (Phi) is 5.29. The number of nitrogens with zero attached hydrogens (tertiary/aromatic N) is 4. The molecule has 0 aliphatic carbocycles. The third kappa shape index (κ3) is 3.68. The zero-order valence-electron chi connectivity index (χ0n) is 16.7. The number of fused-ring (bicyclic) bond motifs is 1. The third-order valence-corrected chi connectivity index (χ3v) is 7.72. The molecular formula is C19H24F3N5O2S. The minimum absolute atomic E-state index is 0.0101. The van der Waals surface area contributed by atoms with Crippen molar-refractivity contribution >= 4 is 15.8 Å². The molecule has 164 valence electrons. The standard InChI is InChI=1S/C19H24F3N5O2S/c1-12(2)14-9-17(19(20,21)22)27-18(24-14)10-15(25-27)16-6-4-8-26(16)30(28,29)13-5-3-7-23-11-13/h3,5,7,10-12,14,16-17,24H,4,6,8-9H2,1-2H3/t14-,16?,17+/m0/s1. The lowest BCUT2D eigenvalue weighted by molar-refractivity contribution is -0.174. The van der Waals surface area contributed by atoms with Crippen LogP contribution in [0.15, 0.2) is 35.5 Å². The Morgan fingerprint density at radius 1 is 1.30 bits per heavy atom. The highest BCUT2D eigenvalue weighted by Crippen LogP contribution is 2.43. The number of hydrogen-bond donors (Lipinski definition) is 1. The van der Waals surface area contributed by atoms with E-state index in [1.807, 2.05) is 13.8 Å². The topological polar surface area (TPSA) is 80.1 Å². The number of sulfonamides is 1. The van der Waals surface area contributed by atoms with Crippen LogP contribution in [0.4, 0.5) is 19.0 Å². The highest BCUT2D eigenvalue weighted by atomic mass is 32.2. The molecule has 4 heterocycles. The highest BCUT2D eigenvalue weighted by molar-refractivity contribution is 7.89. The molecule has 0 aromatic carbocycles. The summed E-state index contributed by atoms with van der Waals surface area (Å²) in [5, 5.41) is 7.39. The van der Waals surface area contributed by atoms with Crippen molar-refractivity contribution in [2.75, 3.05) is 11.9 Å². The van der Waals surface area contributed by atoms with Crippen LogP contribution >= 0.6 is 0 Å². The molecule has 30 heavy (non-hydrogen) atoms. The summed E-state index contributed by atoms with van der Waals surface area (Å²) in [5.74, 6) is 0.291. The van der Waals surface area contributed by atoms with Gasteiger partial charge in [0.05, 0.1) is 11.7 Å². The SMILES string of the molecule is CC(C)[C@@H]1C[C@H](C(F)(F)F)n2nc(C3CCCN3S(=O)(=O)c3cccnc3)cc2N1. The van der Waals surface area contributed by atoms with Gasteiger partial charge in [-0.1, -0.05) is 13.8 Å². The predicted molar refractivity (Wildman–Crippen MR) is 104 cm³/mol. The lowest BCUT2D eigenvalue weighted by atomic mass is 9.94. The Morgan fingerprint density at radius 2 is 2.07 bits per heavy atom. The summed E-state index contributed by atoms with van der Waals surface area (Å²) in [6.45, 7) is 4.03. The largest absolute Gasteiger partial charge is 0.410 e. The van der Waals surface area contributed by atoms with Gasteiger partial charge in [0.15, 0.2) is 6.04 Å². The fraction of sp³-hybridized carbons (Fsp3) is 0.579. The summed E-state index contributed by atoms with van der Waals surface area (Å²) >= 11 is 0. The van der Waals surface area contributed by atoms with E-state index >= 15 is 0 Å². The lowest BCUT2D eigenvalue weighted by Gasteiger charge is -2.35. The normalized spacial score (nSPS) is 25.3. The van der Waals surface area contributed by atoms with Crippen LogP contribution in [0.2, 0.25) is 0 Å². The first kappa shape index (κ1) is 21.1. The Morgan fingerprint density at radius 3 is 2.70 bits per heavy atom. The maximum absolute atomic E-state index is 13.7. The van der Waals surface area contributed by atoms with Crippen LogP contribution in [-0.2, 0) is 10.0 Å². The molecule has 1 N–H and O–H groups in total. The quantitative estimate of drug-likeness (QED) is 0.779. The summed E-state index contributed by atoms with van der Waals surface area (Å²) in [7, 11) is -3.82. The molecule has 2 aromatic rings. The zero-order chi connectivity index (χ0) is 21.7. The van der Waals surface area contributed by atoms with Crippen LogP contribution in [0.1, 0.15) is 50.9 Å². The van der Waals surface area contributed by atoms with Gasteiger partial charge in [0.1, 0.15) is 10.7 Å². The monoisotopic (exact) mass is 443 g/mol. The van der Waals surface area contributed by atoms with Crippen molar-refractivity contribution in [3.63, 3.8) is 0 Å². The van der Waals surface area contributed by atoms with Gasteiger partial charge in [0, 0.05) is 31.0 Å². The number of anilines is 1. The first-order valence-electron chi connectivity index (χ1n) is 9.93. The number of pyridine rings is 1. The molecule has 0 spiro atoms. The third-order valence-electron chi connectivity index (χ3n) is 5.83. The van der Waals surface area contributed by atoms with E-state index in [0.717, 1.165) is 4.68 Å².